The Kier molecular flexibility index (Phi) is 21.8. The standard InChI is InChI=1S/C21H25N3O5.C21H27N3O3.CH4.ClH/c1-15(13-17-7-5-4-6-8-17)22-21(28)29-14-24-11-9-18(10-12-24)19(25)23(3)16(2)20(26)27;1-16(2)23(4)20(25)19-10-12-24(13-11-19)15-27-21(26)22-17(3)14-18-8-6-5-7-9-18;;/h4-12,15-16H,13-14H2,1-3H3,(H-,22,26,27,28);5-13,16-17H,14-15H2,1-4H3;1H4;1H/p+1/t15-,16-;17-;;/m00../s1. The lowest BCUT2D eigenvalue weighted by molar-refractivity contribution is -0.727. The molecule has 0 radical (unpaired) electrons. The lowest BCUT2D eigenvalue weighted by Crippen LogP contribution is -3.00. The molecule has 58 heavy (non-hydrogen) atoms. The van der Waals surface area contributed by atoms with Crippen LogP contribution in [-0.2, 0) is 40.6 Å². The van der Waals surface area contributed by atoms with Crippen molar-refractivity contribution in [1.29, 1.82) is 0 Å². The minimum absolute atomic E-state index is 0. The number of rotatable bonds is 15. The van der Waals surface area contributed by atoms with Crippen LogP contribution in [0.5, 0.6) is 0 Å². The van der Waals surface area contributed by atoms with Crippen molar-refractivity contribution in [3.63, 3.8) is 0 Å². The molecule has 0 saturated heterocycles. The first-order valence-electron chi connectivity index (χ1n) is 18.3. The summed E-state index contributed by atoms with van der Waals surface area (Å²) in [5.74, 6) is -1.52. The largest absolute Gasteiger partial charge is 1.00 e. The van der Waals surface area contributed by atoms with Gasteiger partial charge in [0.2, 0.25) is 0 Å². The highest BCUT2D eigenvalue weighted by atomic mass is 35.5. The number of alkyl carbamates (subject to hydrolysis) is 2. The quantitative estimate of drug-likeness (QED) is 0.154. The van der Waals surface area contributed by atoms with Gasteiger partial charge in [-0.1, -0.05) is 68.1 Å². The molecule has 0 aliphatic carbocycles. The molecule has 0 spiro atoms. The zero-order valence-corrected chi connectivity index (χ0v) is 34.3. The first-order chi connectivity index (χ1) is 26.6. The van der Waals surface area contributed by atoms with Crippen LogP contribution in [0.2, 0.25) is 0 Å². The molecule has 3 atom stereocenters. The molecule has 2 heterocycles. The molecule has 0 unspecified atom stereocenters. The number of carboxylic acids is 1. The predicted molar refractivity (Wildman–Crippen MR) is 215 cm³/mol. The van der Waals surface area contributed by atoms with Gasteiger partial charge in [-0.25, -0.2) is 14.4 Å². The van der Waals surface area contributed by atoms with Crippen molar-refractivity contribution in [3.8, 4) is 0 Å². The molecule has 2 aromatic heterocycles. The van der Waals surface area contributed by atoms with Gasteiger partial charge in [-0.2, -0.15) is 9.13 Å². The molecule has 14 nitrogen and oxygen atoms in total. The lowest BCUT2D eigenvalue weighted by atomic mass is 10.1. The number of nitrogens with one attached hydrogen (secondary N) is 2. The smallest absolute Gasteiger partial charge is 0.412 e. The van der Waals surface area contributed by atoms with Crippen LogP contribution in [0.1, 0.15) is 73.9 Å². The number of carboxylic acid groups (broad SMARTS) is 1. The molecule has 4 rings (SSSR count). The SMILES string of the molecule is C.CC(C)N(C)C(=O)c1cc[n+](COC(=O)N[C@@H](C)Cc2ccccc2)cc1.C[C@@H](Cc1ccccc1)NC(=O)OC[n+]1ccc(C(=O)N(C)[C@@H](C)C(=O)O)cc1.[Cl-]. The summed E-state index contributed by atoms with van der Waals surface area (Å²) in [5.41, 5.74) is 3.23. The van der Waals surface area contributed by atoms with Crippen LogP contribution in [0.25, 0.3) is 0 Å². The molecule has 4 amide bonds. The van der Waals surface area contributed by atoms with E-state index in [1.54, 1.807) is 70.1 Å². The number of aliphatic carboxylic acids is 1. The monoisotopic (exact) mass is 821 g/mol. The summed E-state index contributed by atoms with van der Waals surface area (Å²) in [5, 5.41) is 14.6. The van der Waals surface area contributed by atoms with Crippen LogP contribution in [0.3, 0.4) is 0 Å². The zero-order valence-electron chi connectivity index (χ0n) is 33.5. The third-order valence-electron chi connectivity index (χ3n) is 8.82. The van der Waals surface area contributed by atoms with Crippen molar-refractivity contribution < 1.29 is 60.1 Å². The molecule has 15 heteroatoms. The van der Waals surface area contributed by atoms with Gasteiger partial charge in [0, 0.05) is 56.5 Å². The van der Waals surface area contributed by atoms with Gasteiger partial charge in [-0.3, -0.25) is 9.59 Å². The van der Waals surface area contributed by atoms with Crippen molar-refractivity contribution in [2.45, 2.75) is 92.5 Å². The highest BCUT2D eigenvalue weighted by Crippen LogP contribution is 2.07. The summed E-state index contributed by atoms with van der Waals surface area (Å²) in [6.07, 6.45) is 7.07. The van der Waals surface area contributed by atoms with Crippen LogP contribution in [0.15, 0.2) is 110 Å². The van der Waals surface area contributed by atoms with Crippen LogP contribution >= 0.6 is 0 Å². The number of nitrogens with zero attached hydrogens (tertiary/aromatic N) is 4. The normalized spacial score (nSPS) is 11.7. The molecule has 0 aliphatic heterocycles. The van der Waals surface area contributed by atoms with Crippen LogP contribution < -0.4 is 32.2 Å². The number of ether oxygens (including phenoxy) is 2. The minimum Gasteiger partial charge on any atom is -1.00 e. The summed E-state index contributed by atoms with van der Waals surface area (Å²) in [6.45, 7) is 9.27. The van der Waals surface area contributed by atoms with Crippen LogP contribution in [0, 0.1) is 0 Å². The van der Waals surface area contributed by atoms with Crippen molar-refractivity contribution >= 4 is 30.0 Å². The van der Waals surface area contributed by atoms with E-state index in [1.807, 2.05) is 88.4 Å². The van der Waals surface area contributed by atoms with E-state index in [0.717, 1.165) is 22.4 Å². The molecule has 3 N–H and O–H groups in total. The van der Waals surface area contributed by atoms with Crippen molar-refractivity contribution in [2.75, 3.05) is 14.1 Å². The number of carbonyl (C=O) groups is 5. The Labute approximate surface area is 348 Å². The van der Waals surface area contributed by atoms with E-state index in [2.05, 4.69) is 10.6 Å². The highest BCUT2D eigenvalue weighted by Gasteiger charge is 2.23. The van der Waals surface area contributed by atoms with Crippen LogP contribution in [-0.4, -0.2) is 83.1 Å². The fourth-order valence-corrected chi connectivity index (χ4v) is 5.14. The topological polar surface area (TPSA) is 162 Å². The van der Waals surface area contributed by atoms with Crippen molar-refractivity contribution in [1.82, 2.24) is 20.4 Å². The number of carbonyl (C=O) groups excluding carboxylic acids is 4. The summed E-state index contributed by atoms with van der Waals surface area (Å²) in [6, 6.07) is 25.4. The van der Waals surface area contributed by atoms with E-state index in [-0.39, 0.29) is 57.3 Å². The van der Waals surface area contributed by atoms with E-state index in [0.29, 0.717) is 17.5 Å². The van der Waals surface area contributed by atoms with Gasteiger partial charge in [0.05, 0.1) is 11.1 Å². The third kappa shape index (κ3) is 17.0. The number of halogens is 1. The molecule has 0 saturated carbocycles. The summed E-state index contributed by atoms with van der Waals surface area (Å²) < 4.78 is 13.7. The molecular formula is C43H58ClN6O8+. The first kappa shape index (κ1) is 50.0. The number of likely N-dealkylation sites (N-methyl/N-ethyl adjacent to an activating group) is 1. The number of aromatic nitrogens is 2. The van der Waals surface area contributed by atoms with E-state index in [1.165, 1.54) is 14.0 Å². The fourth-order valence-electron chi connectivity index (χ4n) is 5.14. The number of hydrogen-bond donors (Lipinski definition) is 3. The van der Waals surface area contributed by atoms with Gasteiger partial charge in [-0.05, 0) is 58.6 Å². The lowest BCUT2D eigenvalue weighted by Gasteiger charge is -2.21. The Bertz CT molecular complexity index is 1870. The molecule has 314 valence electrons. The molecule has 0 bridgehead atoms. The third-order valence-corrected chi connectivity index (χ3v) is 8.82. The van der Waals surface area contributed by atoms with E-state index < -0.39 is 30.1 Å². The maximum atomic E-state index is 12.3. The number of hydrogen-bond acceptors (Lipinski definition) is 7. The van der Waals surface area contributed by atoms with Gasteiger partial charge in [0.1, 0.15) is 6.04 Å². The molecule has 2 aromatic carbocycles. The van der Waals surface area contributed by atoms with Crippen LogP contribution in [0.4, 0.5) is 9.59 Å². The Hall–Kier alpha value is -6.02. The highest BCUT2D eigenvalue weighted by molar-refractivity contribution is 5.96. The fraction of sp³-hybridized carbons (Fsp3) is 0.372. The Morgan fingerprint density at radius 2 is 0.948 bits per heavy atom. The van der Waals surface area contributed by atoms with E-state index in [4.69, 9.17) is 14.6 Å². The second kappa shape index (κ2) is 25.3. The average Bonchev–Trinajstić information content (AvgIpc) is 3.19. The summed E-state index contributed by atoms with van der Waals surface area (Å²) >= 11 is 0. The second-order valence-corrected chi connectivity index (χ2v) is 13.7. The van der Waals surface area contributed by atoms with Crippen molar-refractivity contribution in [3.05, 3.63) is 132 Å². The van der Waals surface area contributed by atoms with Crippen molar-refractivity contribution in [2.24, 2.45) is 0 Å². The first-order valence-corrected chi connectivity index (χ1v) is 18.3. The second-order valence-electron chi connectivity index (χ2n) is 13.7. The van der Waals surface area contributed by atoms with Gasteiger partial charge in [-0.15, -0.1) is 0 Å². The molecule has 0 fully saturated rings. The van der Waals surface area contributed by atoms with Gasteiger partial charge in [0.25, 0.3) is 25.3 Å². The van der Waals surface area contributed by atoms with E-state index >= 15 is 0 Å². The Balaban J connectivity index is 0.000000562. The summed E-state index contributed by atoms with van der Waals surface area (Å²) in [7, 11) is 3.21. The maximum absolute atomic E-state index is 12.3. The van der Waals surface area contributed by atoms with Gasteiger partial charge >= 0.3 is 18.2 Å². The van der Waals surface area contributed by atoms with Gasteiger partial charge in [0.15, 0.2) is 24.8 Å². The Morgan fingerprint density at radius 1 is 0.603 bits per heavy atom. The minimum atomic E-state index is -1.08. The summed E-state index contributed by atoms with van der Waals surface area (Å²) in [4.78, 5) is 62.3. The number of benzene rings is 2. The maximum Gasteiger partial charge on any atom is 0.412 e. The van der Waals surface area contributed by atoms with Gasteiger partial charge < -0.3 is 47.4 Å². The zero-order chi connectivity index (χ0) is 41.2. The predicted octanol–water partition coefficient (Wildman–Crippen LogP) is 2.24. The average molecular weight is 822 g/mol. The van der Waals surface area contributed by atoms with E-state index in [9.17, 15) is 24.0 Å². The number of pyridine rings is 2. The number of amides is 4. The Morgan fingerprint density at radius 3 is 1.28 bits per heavy atom. The molecule has 0 aliphatic rings. The molecule has 4 aromatic rings. The molecular weight excluding hydrogens is 764 g/mol.